The summed E-state index contributed by atoms with van der Waals surface area (Å²) in [6.45, 7) is -0.0470. The average Bonchev–Trinajstić information content (AvgIpc) is 2.80. The molecule has 2 atom stereocenters. The molecule has 3 N–H and O–H groups in total. The number of aromatic nitrogens is 2. The molecule has 1 aliphatic rings. The van der Waals surface area contributed by atoms with Gasteiger partial charge in [0.15, 0.2) is 0 Å². The van der Waals surface area contributed by atoms with Gasteiger partial charge in [-0.25, -0.2) is 4.79 Å². The number of aliphatic hydroxyl groups is 2. The summed E-state index contributed by atoms with van der Waals surface area (Å²) in [4.78, 5) is 24.4. The standard InChI is InChI=1S/C9H12N2O4.CH4O/c12-5-6-1-2-8(15-6)11-4-3-7(13)10-9(11)14;1-2/h3-4,6,8,12H,1-2,5H2,(H,10,13,14);2H,1H3/t6-,8+;/m0./s1. The van der Waals surface area contributed by atoms with Gasteiger partial charge in [0, 0.05) is 19.4 Å². The third-order valence-corrected chi connectivity index (χ3v) is 2.45. The van der Waals surface area contributed by atoms with Gasteiger partial charge in [-0.2, -0.15) is 0 Å². The highest BCUT2D eigenvalue weighted by Crippen LogP contribution is 2.26. The summed E-state index contributed by atoms with van der Waals surface area (Å²) in [6, 6.07) is 1.27. The minimum atomic E-state index is -0.480. The number of aromatic amines is 1. The zero-order valence-corrected chi connectivity index (χ0v) is 9.50. The maximum atomic E-state index is 11.4. The first-order valence-electron chi connectivity index (χ1n) is 5.23. The Morgan fingerprint density at radius 2 is 2.18 bits per heavy atom. The van der Waals surface area contributed by atoms with Gasteiger partial charge in [0.25, 0.3) is 5.56 Å². The number of H-pyrrole nitrogens is 1. The summed E-state index contributed by atoms with van der Waals surface area (Å²) in [5, 5.41) is 15.9. The smallest absolute Gasteiger partial charge is 0.330 e. The van der Waals surface area contributed by atoms with Crippen molar-refractivity contribution in [3.05, 3.63) is 33.1 Å². The monoisotopic (exact) mass is 244 g/mol. The average molecular weight is 244 g/mol. The first-order valence-corrected chi connectivity index (χ1v) is 5.23. The molecule has 96 valence electrons. The number of hydrogen-bond donors (Lipinski definition) is 3. The molecule has 1 aromatic heterocycles. The van der Waals surface area contributed by atoms with Crippen molar-refractivity contribution in [3.63, 3.8) is 0 Å². The molecule has 0 unspecified atom stereocenters. The summed E-state index contributed by atoms with van der Waals surface area (Å²) < 4.78 is 6.74. The molecule has 1 aromatic rings. The fraction of sp³-hybridized carbons (Fsp3) is 0.600. The third-order valence-electron chi connectivity index (χ3n) is 2.45. The Kier molecular flexibility index (Phi) is 5.08. The second kappa shape index (κ2) is 6.33. The first-order chi connectivity index (χ1) is 8.20. The van der Waals surface area contributed by atoms with Crippen molar-refractivity contribution in [1.29, 1.82) is 0 Å². The van der Waals surface area contributed by atoms with Gasteiger partial charge in [0.05, 0.1) is 12.7 Å². The molecule has 7 nitrogen and oxygen atoms in total. The van der Waals surface area contributed by atoms with Crippen LogP contribution in [0.3, 0.4) is 0 Å². The van der Waals surface area contributed by atoms with Gasteiger partial charge in [0.2, 0.25) is 0 Å². The highest BCUT2D eigenvalue weighted by Gasteiger charge is 2.26. The van der Waals surface area contributed by atoms with Crippen LogP contribution in [0.25, 0.3) is 0 Å². The second-order valence-corrected chi connectivity index (χ2v) is 3.49. The van der Waals surface area contributed by atoms with Crippen LogP contribution in [-0.2, 0) is 4.74 Å². The fourth-order valence-electron chi connectivity index (χ4n) is 1.68. The first kappa shape index (κ1) is 13.6. The van der Waals surface area contributed by atoms with E-state index in [9.17, 15) is 9.59 Å². The maximum absolute atomic E-state index is 11.4. The zero-order chi connectivity index (χ0) is 12.8. The van der Waals surface area contributed by atoms with Gasteiger partial charge in [-0.1, -0.05) is 0 Å². The summed E-state index contributed by atoms with van der Waals surface area (Å²) in [6.07, 6.45) is 2.19. The van der Waals surface area contributed by atoms with Crippen molar-refractivity contribution in [3.8, 4) is 0 Å². The molecule has 0 bridgehead atoms. The molecule has 0 saturated carbocycles. The molecule has 0 aromatic carbocycles. The van der Waals surface area contributed by atoms with Crippen LogP contribution in [0.1, 0.15) is 19.1 Å². The predicted octanol–water partition coefficient (Wildman–Crippen LogP) is -1.19. The SMILES string of the molecule is CO.O=c1ccn([C@H]2CC[C@@H](CO)O2)c(=O)[nH]1. The lowest BCUT2D eigenvalue weighted by atomic mass is 10.2. The van der Waals surface area contributed by atoms with Crippen molar-refractivity contribution < 1.29 is 14.9 Å². The van der Waals surface area contributed by atoms with E-state index in [0.717, 1.165) is 7.11 Å². The quantitative estimate of drug-likeness (QED) is 0.607. The van der Waals surface area contributed by atoms with Crippen molar-refractivity contribution in [2.24, 2.45) is 0 Å². The molecule has 7 heteroatoms. The Balaban J connectivity index is 0.000000686. The zero-order valence-electron chi connectivity index (χ0n) is 9.50. The minimum absolute atomic E-state index is 0.0470. The Hall–Kier alpha value is -1.44. The summed E-state index contributed by atoms with van der Waals surface area (Å²) in [7, 11) is 1.00. The molecule has 1 fully saturated rings. The number of nitrogens with one attached hydrogen (secondary N) is 1. The van der Waals surface area contributed by atoms with Crippen LogP contribution in [0.15, 0.2) is 21.9 Å². The molecule has 2 rings (SSSR count). The van der Waals surface area contributed by atoms with Gasteiger partial charge in [-0.15, -0.1) is 0 Å². The summed E-state index contributed by atoms with van der Waals surface area (Å²) in [5.74, 6) is 0. The number of hydrogen-bond acceptors (Lipinski definition) is 5. The van der Waals surface area contributed by atoms with Crippen LogP contribution in [-0.4, -0.2) is 39.6 Å². The molecular weight excluding hydrogens is 228 g/mol. The molecule has 0 radical (unpaired) electrons. The fourth-order valence-corrected chi connectivity index (χ4v) is 1.68. The van der Waals surface area contributed by atoms with Gasteiger partial charge >= 0.3 is 5.69 Å². The maximum Gasteiger partial charge on any atom is 0.330 e. The van der Waals surface area contributed by atoms with E-state index in [-0.39, 0.29) is 18.9 Å². The van der Waals surface area contributed by atoms with E-state index in [1.807, 2.05) is 0 Å². The van der Waals surface area contributed by atoms with Crippen LogP contribution in [0, 0.1) is 0 Å². The van der Waals surface area contributed by atoms with Crippen LogP contribution in [0.4, 0.5) is 0 Å². The molecule has 17 heavy (non-hydrogen) atoms. The Labute approximate surface area is 97.3 Å². The predicted molar refractivity (Wildman–Crippen MR) is 59.7 cm³/mol. The summed E-state index contributed by atoms with van der Waals surface area (Å²) in [5.41, 5.74) is -0.904. The van der Waals surface area contributed by atoms with E-state index in [2.05, 4.69) is 4.98 Å². The van der Waals surface area contributed by atoms with Crippen molar-refractivity contribution in [2.45, 2.75) is 25.2 Å². The molecule has 1 saturated heterocycles. The lowest BCUT2D eigenvalue weighted by Gasteiger charge is -2.13. The molecule has 2 heterocycles. The van der Waals surface area contributed by atoms with Gasteiger partial charge < -0.3 is 14.9 Å². The van der Waals surface area contributed by atoms with Gasteiger partial charge in [-0.3, -0.25) is 14.3 Å². The molecular formula is C10H16N2O5. The van der Waals surface area contributed by atoms with Crippen LogP contribution < -0.4 is 11.2 Å². The van der Waals surface area contributed by atoms with Gasteiger partial charge in [0.1, 0.15) is 6.23 Å². The van der Waals surface area contributed by atoms with Gasteiger partial charge in [-0.05, 0) is 12.8 Å². The Morgan fingerprint density at radius 3 is 2.71 bits per heavy atom. The van der Waals surface area contributed by atoms with Crippen molar-refractivity contribution in [2.75, 3.05) is 13.7 Å². The largest absolute Gasteiger partial charge is 0.400 e. The van der Waals surface area contributed by atoms with E-state index >= 15 is 0 Å². The lowest BCUT2D eigenvalue weighted by Crippen LogP contribution is -2.31. The molecule has 1 aliphatic heterocycles. The number of nitrogens with zero attached hydrogens (tertiary/aromatic N) is 1. The van der Waals surface area contributed by atoms with E-state index in [1.165, 1.54) is 16.8 Å². The molecule has 0 aliphatic carbocycles. The topological polar surface area (TPSA) is 105 Å². The number of ether oxygens (including phenoxy) is 1. The highest BCUT2D eigenvalue weighted by molar-refractivity contribution is 4.85. The normalized spacial score (nSPS) is 23.0. The molecule has 0 spiro atoms. The number of aliphatic hydroxyl groups excluding tert-OH is 2. The van der Waals surface area contributed by atoms with E-state index < -0.39 is 11.2 Å². The Morgan fingerprint density at radius 1 is 1.47 bits per heavy atom. The van der Waals surface area contributed by atoms with Crippen molar-refractivity contribution in [1.82, 2.24) is 9.55 Å². The van der Waals surface area contributed by atoms with Crippen LogP contribution >= 0.6 is 0 Å². The van der Waals surface area contributed by atoms with Crippen LogP contribution in [0.5, 0.6) is 0 Å². The van der Waals surface area contributed by atoms with E-state index in [4.69, 9.17) is 14.9 Å². The summed E-state index contributed by atoms with van der Waals surface area (Å²) >= 11 is 0. The highest BCUT2D eigenvalue weighted by atomic mass is 16.5. The third kappa shape index (κ3) is 3.26. The lowest BCUT2D eigenvalue weighted by molar-refractivity contribution is -0.0246. The van der Waals surface area contributed by atoms with E-state index in [1.54, 1.807) is 0 Å². The van der Waals surface area contributed by atoms with E-state index in [0.29, 0.717) is 12.8 Å². The second-order valence-electron chi connectivity index (χ2n) is 3.49. The number of rotatable bonds is 2. The molecule has 0 amide bonds. The van der Waals surface area contributed by atoms with Crippen LogP contribution in [0.2, 0.25) is 0 Å². The Bertz CT molecular complexity index is 452. The van der Waals surface area contributed by atoms with Crippen molar-refractivity contribution >= 4 is 0 Å². The minimum Gasteiger partial charge on any atom is -0.400 e.